The van der Waals surface area contributed by atoms with E-state index in [1.165, 1.54) is 0 Å². The van der Waals surface area contributed by atoms with Gasteiger partial charge in [-0.2, -0.15) is 0 Å². The first-order valence-electron chi connectivity index (χ1n) is 4.16. The molecule has 13 heavy (non-hydrogen) atoms. The fourth-order valence-electron chi connectivity index (χ4n) is 1.08. The van der Waals surface area contributed by atoms with Crippen LogP contribution in [0.15, 0.2) is 12.1 Å². The zero-order valence-electron chi connectivity index (χ0n) is 8.06. The summed E-state index contributed by atoms with van der Waals surface area (Å²) in [5.41, 5.74) is 0.530. The van der Waals surface area contributed by atoms with E-state index in [9.17, 15) is 4.39 Å². The van der Waals surface area contributed by atoms with E-state index >= 15 is 0 Å². The zero-order valence-corrected chi connectivity index (χ0v) is 8.06. The van der Waals surface area contributed by atoms with Crippen LogP contribution in [0.5, 0.6) is 11.5 Å². The molecular weight excluding hydrogens is 171 g/mol. The normalized spacial score (nSPS) is 9.85. The lowest BCUT2D eigenvalue weighted by atomic mass is 10.2. The van der Waals surface area contributed by atoms with Crippen LogP contribution >= 0.6 is 0 Å². The maximum absolute atomic E-state index is 13.3. The third-order valence-corrected chi connectivity index (χ3v) is 1.73. The molecule has 0 N–H and O–H groups in total. The maximum atomic E-state index is 13.3. The molecule has 2 nitrogen and oxygen atoms in total. The fourth-order valence-corrected chi connectivity index (χ4v) is 1.08. The van der Waals surface area contributed by atoms with Gasteiger partial charge in [0, 0.05) is 6.07 Å². The van der Waals surface area contributed by atoms with Crippen molar-refractivity contribution in [3.8, 4) is 11.5 Å². The van der Waals surface area contributed by atoms with Gasteiger partial charge in [-0.1, -0.05) is 0 Å². The second kappa shape index (κ2) is 4.12. The minimum Gasteiger partial charge on any atom is -0.497 e. The first kappa shape index (κ1) is 9.84. The van der Waals surface area contributed by atoms with Crippen LogP contribution in [-0.2, 0) is 0 Å². The van der Waals surface area contributed by atoms with Crippen LogP contribution in [0.2, 0.25) is 0 Å². The van der Waals surface area contributed by atoms with Gasteiger partial charge in [0.1, 0.15) is 5.75 Å². The van der Waals surface area contributed by atoms with Gasteiger partial charge in [0.15, 0.2) is 11.6 Å². The molecule has 0 aliphatic heterocycles. The highest BCUT2D eigenvalue weighted by atomic mass is 19.1. The van der Waals surface area contributed by atoms with Gasteiger partial charge in [0.2, 0.25) is 0 Å². The van der Waals surface area contributed by atoms with E-state index in [0.717, 1.165) is 0 Å². The van der Waals surface area contributed by atoms with Gasteiger partial charge in [-0.25, -0.2) is 4.39 Å². The van der Waals surface area contributed by atoms with Crippen LogP contribution in [0.25, 0.3) is 0 Å². The summed E-state index contributed by atoms with van der Waals surface area (Å²) in [7, 11) is 1.54. The van der Waals surface area contributed by atoms with E-state index in [-0.39, 0.29) is 11.6 Å². The molecule has 3 heteroatoms. The van der Waals surface area contributed by atoms with Gasteiger partial charge < -0.3 is 9.47 Å². The summed E-state index contributed by atoms with van der Waals surface area (Å²) in [6, 6.07) is 3.18. The molecule has 1 rings (SSSR count). The van der Waals surface area contributed by atoms with Crippen LogP contribution in [0.4, 0.5) is 4.39 Å². The van der Waals surface area contributed by atoms with E-state index in [0.29, 0.717) is 17.9 Å². The molecule has 72 valence electrons. The molecule has 0 aliphatic rings. The predicted octanol–water partition coefficient (Wildman–Crippen LogP) is 2.54. The number of hydrogen-bond acceptors (Lipinski definition) is 2. The molecule has 0 saturated heterocycles. The largest absolute Gasteiger partial charge is 0.497 e. The first-order chi connectivity index (χ1) is 6.19. The quantitative estimate of drug-likeness (QED) is 0.718. The Morgan fingerprint density at radius 3 is 2.62 bits per heavy atom. The molecule has 0 fully saturated rings. The second-order valence-corrected chi connectivity index (χ2v) is 2.69. The van der Waals surface area contributed by atoms with Gasteiger partial charge in [-0.15, -0.1) is 0 Å². The number of methoxy groups -OCH3 is 1. The number of aryl methyl sites for hydroxylation is 1. The molecule has 0 saturated carbocycles. The Morgan fingerprint density at radius 2 is 2.08 bits per heavy atom. The average Bonchev–Trinajstić information content (AvgIpc) is 2.13. The van der Waals surface area contributed by atoms with E-state index in [1.54, 1.807) is 26.2 Å². The van der Waals surface area contributed by atoms with Crippen molar-refractivity contribution < 1.29 is 13.9 Å². The van der Waals surface area contributed by atoms with Crippen molar-refractivity contribution in [2.75, 3.05) is 13.7 Å². The molecule has 0 heterocycles. The summed E-state index contributed by atoms with van der Waals surface area (Å²) in [6.07, 6.45) is 0. The minimum absolute atomic E-state index is 0.249. The van der Waals surface area contributed by atoms with Gasteiger partial charge in [0.05, 0.1) is 13.7 Å². The fraction of sp³-hybridized carbons (Fsp3) is 0.400. The topological polar surface area (TPSA) is 18.5 Å². The van der Waals surface area contributed by atoms with Crippen molar-refractivity contribution in [3.63, 3.8) is 0 Å². The molecular formula is C10H13FO2. The standard InChI is InChI=1S/C10H13FO2/c1-4-13-9-6-8(12-3)5-7(2)10(9)11/h5-6H,4H2,1-3H3. The Balaban J connectivity index is 3.09. The molecule has 0 aromatic heterocycles. The van der Waals surface area contributed by atoms with Crippen molar-refractivity contribution in [2.24, 2.45) is 0 Å². The SMILES string of the molecule is CCOc1cc(OC)cc(C)c1F. The Bertz CT molecular complexity index is 297. The van der Waals surface area contributed by atoms with Crippen LogP contribution in [-0.4, -0.2) is 13.7 Å². The van der Waals surface area contributed by atoms with Crippen molar-refractivity contribution in [3.05, 3.63) is 23.5 Å². The summed E-state index contributed by atoms with van der Waals surface area (Å²) >= 11 is 0. The van der Waals surface area contributed by atoms with Gasteiger partial charge in [0.25, 0.3) is 0 Å². The predicted molar refractivity (Wildman–Crippen MR) is 48.9 cm³/mol. The van der Waals surface area contributed by atoms with E-state index < -0.39 is 0 Å². The number of halogens is 1. The second-order valence-electron chi connectivity index (χ2n) is 2.69. The highest BCUT2D eigenvalue weighted by molar-refractivity contribution is 5.39. The van der Waals surface area contributed by atoms with Crippen molar-refractivity contribution in [1.29, 1.82) is 0 Å². The molecule has 1 aromatic carbocycles. The highest BCUT2D eigenvalue weighted by Crippen LogP contribution is 2.26. The third kappa shape index (κ3) is 2.11. The Kier molecular flexibility index (Phi) is 3.12. The van der Waals surface area contributed by atoms with Crippen LogP contribution < -0.4 is 9.47 Å². The highest BCUT2D eigenvalue weighted by Gasteiger charge is 2.08. The number of rotatable bonds is 3. The van der Waals surface area contributed by atoms with Gasteiger partial charge in [-0.3, -0.25) is 0 Å². The number of ether oxygens (including phenoxy) is 2. The lowest BCUT2D eigenvalue weighted by Crippen LogP contribution is -1.97. The van der Waals surface area contributed by atoms with Crippen LogP contribution in [0, 0.1) is 12.7 Å². The molecule has 0 atom stereocenters. The van der Waals surface area contributed by atoms with E-state index in [1.807, 2.05) is 6.92 Å². The minimum atomic E-state index is -0.317. The van der Waals surface area contributed by atoms with E-state index in [2.05, 4.69) is 0 Å². The van der Waals surface area contributed by atoms with Gasteiger partial charge >= 0.3 is 0 Å². The summed E-state index contributed by atoms with van der Waals surface area (Å²) in [5.74, 6) is 0.546. The van der Waals surface area contributed by atoms with Crippen LogP contribution in [0.1, 0.15) is 12.5 Å². The zero-order chi connectivity index (χ0) is 9.84. The van der Waals surface area contributed by atoms with Crippen molar-refractivity contribution in [2.45, 2.75) is 13.8 Å². The van der Waals surface area contributed by atoms with Crippen molar-refractivity contribution in [1.82, 2.24) is 0 Å². The molecule has 0 radical (unpaired) electrons. The summed E-state index contributed by atoms with van der Waals surface area (Å²) in [5, 5.41) is 0. The average molecular weight is 184 g/mol. The lowest BCUT2D eigenvalue weighted by molar-refractivity contribution is 0.316. The maximum Gasteiger partial charge on any atom is 0.168 e. The third-order valence-electron chi connectivity index (χ3n) is 1.73. The smallest absolute Gasteiger partial charge is 0.168 e. The monoisotopic (exact) mass is 184 g/mol. The summed E-state index contributed by atoms with van der Waals surface area (Å²) in [4.78, 5) is 0. The lowest BCUT2D eigenvalue weighted by Gasteiger charge is -2.08. The summed E-state index contributed by atoms with van der Waals surface area (Å²) in [6.45, 7) is 3.94. The Hall–Kier alpha value is -1.25. The Morgan fingerprint density at radius 1 is 1.38 bits per heavy atom. The molecule has 1 aromatic rings. The molecule has 0 aliphatic carbocycles. The molecule has 0 amide bonds. The number of hydrogen-bond donors (Lipinski definition) is 0. The molecule has 0 bridgehead atoms. The summed E-state index contributed by atoms with van der Waals surface area (Å²) < 4.78 is 23.4. The number of benzene rings is 1. The Labute approximate surface area is 77.3 Å². The first-order valence-corrected chi connectivity index (χ1v) is 4.16. The molecule has 0 unspecified atom stereocenters. The van der Waals surface area contributed by atoms with Crippen molar-refractivity contribution >= 4 is 0 Å². The van der Waals surface area contributed by atoms with Gasteiger partial charge in [-0.05, 0) is 25.5 Å². The van der Waals surface area contributed by atoms with E-state index in [4.69, 9.17) is 9.47 Å². The van der Waals surface area contributed by atoms with Crippen LogP contribution in [0.3, 0.4) is 0 Å². The molecule has 0 spiro atoms.